The summed E-state index contributed by atoms with van der Waals surface area (Å²) in [6.07, 6.45) is 2.55. The van der Waals surface area contributed by atoms with Gasteiger partial charge in [0, 0.05) is 5.25 Å². The predicted octanol–water partition coefficient (Wildman–Crippen LogP) is 0.935. The minimum Gasteiger partial charge on any atom is -0.368 e. The van der Waals surface area contributed by atoms with E-state index < -0.39 is 5.54 Å². The van der Waals surface area contributed by atoms with Crippen LogP contribution in [-0.4, -0.2) is 33.9 Å². The first-order valence-corrected chi connectivity index (χ1v) is 7.21. The van der Waals surface area contributed by atoms with Gasteiger partial charge in [0.2, 0.25) is 5.91 Å². The number of aryl methyl sites for hydroxylation is 1. The first-order valence-electron chi connectivity index (χ1n) is 5.51. The molecule has 2 rings (SSSR count). The summed E-state index contributed by atoms with van der Waals surface area (Å²) in [6, 6.07) is 0. The number of hydrogen-bond acceptors (Lipinski definition) is 6. The Morgan fingerprint density at radius 2 is 2.41 bits per heavy atom. The number of carbonyl (C=O) groups excluding carboxylic acids is 1. The molecule has 1 amide bonds. The summed E-state index contributed by atoms with van der Waals surface area (Å²) in [6.45, 7) is 1.94. The van der Waals surface area contributed by atoms with Gasteiger partial charge in [-0.2, -0.15) is 0 Å². The number of carbonyl (C=O) groups is 1. The molecule has 1 aromatic heterocycles. The molecule has 0 aliphatic heterocycles. The summed E-state index contributed by atoms with van der Waals surface area (Å²) in [7, 11) is 1.80. The SMILES string of the molecule is CNC1(C(N)=O)CCC(Sc2nnc(C)s2)C1. The highest BCUT2D eigenvalue weighted by Gasteiger charge is 2.43. The van der Waals surface area contributed by atoms with Crippen LogP contribution in [0.3, 0.4) is 0 Å². The van der Waals surface area contributed by atoms with E-state index in [1.807, 2.05) is 6.92 Å². The fraction of sp³-hybridized carbons (Fsp3) is 0.700. The number of likely N-dealkylation sites (N-methyl/N-ethyl adjacent to an activating group) is 1. The smallest absolute Gasteiger partial charge is 0.237 e. The molecule has 1 fully saturated rings. The molecule has 0 aromatic carbocycles. The zero-order chi connectivity index (χ0) is 12.5. The zero-order valence-corrected chi connectivity index (χ0v) is 11.5. The first kappa shape index (κ1) is 12.8. The summed E-state index contributed by atoms with van der Waals surface area (Å²) in [5.41, 5.74) is 4.94. The van der Waals surface area contributed by atoms with Crippen molar-refractivity contribution in [3.63, 3.8) is 0 Å². The van der Waals surface area contributed by atoms with Crippen LogP contribution in [0.5, 0.6) is 0 Å². The second-order valence-electron chi connectivity index (χ2n) is 4.27. The van der Waals surface area contributed by atoms with Gasteiger partial charge in [0.05, 0.1) is 5.54 Å². The van der Waals surface area contributed by atoms with Gasteiger partial charge in [-0.25, -0.2) is 0 Å². The first-order chi connectivity index (χ1) is 8.05. The molecule has 5 nitrogen and oxygen atoms in total. The summed E-state index contributed by atoms with van der Waals surface area (Å²) in [4.78, 5) is 11.5. The summed E-state index contributed by atoms with van der Waals surface area (Å²) >= 11 is 3.30. The lowest BCUT2D eigenvalue weighted by Crippen LogP contribution is -2.52. The van der Waals surface area contributed by atoms with Crippen LogP contribution < -0.4 is 11.1 Å². The lowest BCUT2D eigenvalue weighted by molar-refractivity contribution is -0.124. The Labute approximate surface area is 109 Å². The van der Waals surface area contributed by atoms with Crippen molar-refractivity contribution < 1.29 is 4.79 Å². The Hall–Kier alpha value is -0.660. The largest absolute Gasteiger partial charge is 0.368 e. The molecule has 2 unspecified atom stereocenters. The van der Waals surface area contributed by atoms with Gasteiger partial charge in [0.1, 0.15) is 5.01 Å². The fourth-order valence-corrected chi connectivity index (χ4v) is 4.50. The van der Waals surface area contributed by atoms with Crippen LogP contribution in [0.1, 0.15) is 24.3 Å². The van der Waals surface area contributed by atoms with Crippen LogP contribution in [0.2, 0.25) is 0 Å². The fourth-order valence-electron chi connectivity index (χ4n) is 2.14. The maximum absolute atomic E-state index is 11.5. The van der Waals surface area contributed by atoms with Crippen LogP contribution in [0, 0.1) is 6.92 Å². The van der Waals surface area contributed by atoms with Gasteiger partial charge in [-0.15, -0.1) is 10.2 Å². The molecule has 1 aromatic rings. The van der Waals surface area contributed by atoms with Crippen molar-refractivity contribution in [2.24, 2.45) is 5.73 Å². The maximum atomic E-state index is 11.5. The number of rotatable bonds is 4. The van der Waals surface area contributed by atoms with E-state index in [0.29, 0.717) is 5.25 Å². The predicted molar refractivity (Wildman–Crippen MR) is 69.1 cm³/mol. The number of thioether (sulfide) groups is 1. The Morgan fingerprint density at radius 3 is 2.88 bits per heavy atom. The molecule has 1 aliphatic rings. The molecule has 1 heterocycles. The van der Waals surface area contributed by atoms with Crippen molar-refractivity contribution in [1.82, 2.24) is 15.5 Å². The number of nitrogens with one attached hydrogen (secondary N) is 1. The molecule has 0 bridgehead atoms. The van der Waals surface area contributed by atoms with E-state index in [4.69, 9.17) is 5.73 Å². The number of aromatic nitrogens is 2. The minimum absolute atomic E-state index is 0.253. The number of nitrogens with zero attached hydrogens (tertiary/aromatic N) is 2. The molecule has 17 heavy (non-hydrogen) atoms. The summed E-state index contributed by atoms with van der Waals surface area (Å²) in [5.74, 6) is -0.253. The van der Waals surface area contributed by atoms with Crippen LogP contribution in [0.25, 0.3) is 0 Å². The van der Waals surface area contributed by atoms with Gasteiger partial charge in [0.25, 0.3) is 0 Å². The molecular weight excluding hydrogens is 256 g/mol. The summed E-state index contributed by atoms with van der Waals surface area (Å²) in [5, 5.41) is 12.5. The number of nitrogens with two attached hydrogens (primary N) is 1. The van der Waals surface area contributed by atoms with E-state index in [0.717, 1.165) is 28.6 Å². The van der Waals surface area contributed by atoms with Crippen LogP contribution in [-0.2, 0) is 4.79 Å². The third kappa shape index (κ3) is 2.61. The molecule has 2 atom stereocenters. The van der Waals surface area contributed by atoms with Gasteiger partial charge in [-0.1, -0.05) is 23.1 Å². The van der Waals surface area contributed by atoms with Crippen molar-refractivity contribution in [2.75, 3.05) is 7.05 Å². The summed E-state index contributed by atoms with van der Waals surface area (Å²) < 4.78 is 0.976. The van der Waals surface area contributed by atoms with E-state index >= 15 is 0 Å². The number of hydrogen-bond donors (Lipinski definition) is 2. The third-order valence-corrected chi connectivity index (χ3v) is 5.39. The van der Waals surface area contributed by atoms with E-state index in [1.165, 1.54) is 0 Å². The maximum Gasteiger partial charge on any atom is 0.237 e. The van der Waals surface area contributed by atoms with Gasteiger partial charge in [0.15, 0.2) is 4.34 Å². The molecule has 0 spiro atoms. The zero-order valence-electron chi connectivity index (χ0n) is 9.90. The highest BCUT2D eigenvalue weighted by molar-refractivity contribution is 8.01. The van der Waals surface area contributed by atoms with E-state index in [-0.39, 0.29) is 5.91 Å². The molecule has 0 radical (unpaired) electrons. The average molecular weight is 272 g/mol. The van der Waals surface area contributed by atoms with E-state index in [1.54, 1.807) is 30.1 Å². The van der Waals surface area contributed by atoms with Crippen LogP contribution >= 0.6 is 23.1 Å². The van der Waals surface area contributed by atoms with Crippen molar-refractivity contribution in [3.8, 4) is 0 Å². The van der Waals surface area contributed by atoms with Crippen molar-refractivity contribution in [2.45, 2.75) is 41.3 Å². The second-order valence-corrected chi connectivity index (χ2v) is 7.00. The molecule has 0 saturated heterocycles. The minimum atomic E-state index is -0.530. The number of amides is 1. The average Bonchev–Trinajstić information content (AvgIpc) is 2.87. The monoisotopic (exact) mass is 272 g/mol. The highest BCUT2D eigenvalue weighted by atomic mass is 32.2. The molecule has 7 heteroatoms. The highest BCUT2D eigenvalue weighted by Crippen LogP contribution is 2.40. The molecular formula is C10H16N4OS2. The Kier molecular flexibility index (Phi) is 3.70. The Morgan fingerprint density at radius 1 is 1.65 bits per heavy atom. The topological polar surface area (TPSA) is 80.9 Å². The number of primary amides is 1. The van der Waals surface area contributed by atoms with Crippen molar-refractivity contribution in [1.29, 1.82) is 0 Å². The normalized spacial score (nSPS) is 28.5. The van der Waals surface area contributed by atoms with Crippen LogP contribution in [0.15, 0.2) is 4.34 Å². The Balaban J connectivity index is 2.00. The van der Waals surface area contributed by atoms with Gasteiger partial charge >= 0.3 is 0 Å². The standard InChI is InChI=1S/C10H16N4OS2/c1-6-13-14-9(16-6)17-7-3-4-10(5-7,12-2)8(11)15/h7,12H,3-5H2,1-2H3,(H2,11,15). The lowest BCUT2D eigenvalue weighted by Gasteiger charge is -2.24. The van der Waals surface area contributed by atoms with Gasteiger partial charge in [-0.3, -0.25) is 4.79 Å². The molecule has 1 aliphatic carbocycles. The third-order valence-electron chi connectivity index (χ3n) is 3.19. The van der Waals surface area contributed by atoms with E-state index in [9.17, 15) is 4.79 Å². The van der Waals surface area contributed by atoms with Gasteiger partial charge < -0.3 is 11.1 Å². The quantitative estimate of drug-likeness (QED) is 0.852. The Bertz CT molecular complexity index is 422. The van der Waals surface area contributed by atoms with Crippen molar-refractivity contribution >= 4 is 29.0 Å². The molecule has 94 valence electrons. The molecule has 3 N–H and O–H groups in total. The van der Waals surface area contributed by atoms with Gasteiger partial charge in [-0.05, 0) is 33.2 Å². The second kappa shape index (κ2) is 4.91. The lowest BCUT2D eigenvalue weighted by atomic mass is 9.97. The van der Waals surface area contributed by atoms with Crippen LogP contribution in [0.4, 0.5) is 0 Å². The van der Waals surface area contributed by atoms with E-state index in [2.05, 4.69) is 15.5 Å². The molecule has 1 saturated carbocycles. The van der Waals surface area contributed by atoms with Crippen molar-refractivity contribution in [3.05, 3.63) is 5.01 Å².